The molecule has 116 valence electrons. The summed E-state index contributed by atoms with van der Waals surface area (Å²) in [5.74, 6) is 0. The number of aromatic nitrogens is 2. The highest BCUT2D eigenvalue weighted by atomic mass is 19.4. The van der Waals surface area contributed by atoms with Gasteiger partial charge >= 0.3 is 6.18 Å². The Hall–Kier alpha value is -2.15. The van der Waals surface area contributed by atoms with E-state index in [0.29, 0.717) is 11.3 Å². The van der Waals surface area contributed by atoms with Gasteiger partial charge in [0.25, 0.3) is 0 Å². The first-order valence-corrected chi connectivity index (χ1v) is 6.99. The van der Waals surface area contributed by atoms with Crippen LogP contribution in [0.3, 0.4) is 0 Å². The van der Waals surface area contributed by atoms with Crippen molar-refractivity contribution < 1.29 is 13.2 Å². The van der Waals surface area contributed by atoms with Gasteiger partial charge < -0.3 is 10.2 Å². The Morgan fingerprint density at radius 3 is 2.64 bits per heavy atom. The van der Waals surface area contributed by atoms with E-state index in [1.54, 1.807) is 12.3 Å². The number of alkyl halides is 3. The summed E-state index contributed by atoms with van der Waals surface area (Å²) in [4.78, 5) is 10.3. The quantitative estimate of drug-likeness (QED) is 0.926. The van der Waals surface area contributed by atoms with Gasteiger partial charge in [-0.3, -0.25) is 0 Å². The van der Waals surface area contributed by atoms with Crippen molar-refractivity contribution in [3.05, 3.63) is 42.4 Å². The van der Waals surface area contributed by atoms with E-state index < -0.39 is 11.7 Å². The number of nitrogens with one attached hydrogen (secondary N) is 1. The van der Waals surface area contributed by atoms with Crippen molar-refractivity contribution in [1.82, 2.24) is 15.3 Å². The second-order valence-corrected chi connectivity index (χ2v) is 5.07. The smallest absolute Gasteiger partial charge is 0.366 e. The number of rotatable bonds is 2. The van der Waals surface area contributed by atoms with Crippen LogP contribution in [-0.4, -0.2) is 36.1 Å². The highest BCUT2D eigenvalue weighted by Gasteiger charge is 2.30. The van der Waals surface area contributed by atoms with Crippen LogP contribution in [0.4, 0.5) is 18.9 Å². The monoisotopic (exact) mass is 308 g/mol. The van der Waals surface area contributed by atoms with Crippen LogP contribution in [0.5, 0.6) is 0 Å². The van der Waals surface area contributed by atoms with Gasteiger partial charge in [0.2, 0.25) is 0 Å². The normalized spacial score (nSPS) is 15.9. The molecule has 0 aliphatic carbocycles. The number of nitrogens with zero attached hydrogens (tertiary/aromatic N) is 3. The van der Waals surface area contributed by atoms with E-state index in [2.05, 4.69) is 20.2 Å². The van der Waals surface area contributed by atoms with Gasteiger partial charge in [-0.2, -0.15) is 13.2 Å². The summed E-state index contributed by atoms with van der Waals surface area (Å²) < 4.78 is 38.7. The van der Waals surface area contributed by atoms with Crippen molar-refractivity contribution in [2.24, 2.45) is 0 Å². The molecule has 3 rings (SSSR count). The summed E-state index contributed by atoms with van der Waals surface area (Å²) in [6, 6.07) is 5.24. The zero-order valence-electron chi connectivity index (χ0n) is 11.8. The van der Waals surface area contributed by atoms with E-state index in [0.717, 1.165) is 44.0 Å². The Bertz CT molecular complexity index is 651. The molecule has 0 unspecified atom stereocenters. The van der Waals surface area contributed by atoms with E-state index in [-0.39, 0.29) is 0 Å². The summed E-state index contributed by atoms with van der Waals surface area (Å²) >= 11 is 0. The first kappa shape index (κ1) is 14.8. The van der Waals surface area contributed by atoms with Gasteiger partial charge in [-0.05, 0) is 12.1 Å². The fourth-order valence-corrected chi connectivity index (χ4v) is 2.52. The maximum absolute atomic E-state index is 12.9. The zero-order chi connectivity index (χ0) is 15.6. The lowest BCUT2D eigenvalue weighted by Crippen LogP contribution is -2.43. The molecule has 0 spiro atoms. The van der Waals surface area contributed by atoms with E-state index in [1.165, 1.54) is 12.4 Å². The molecule has 22 heavy (non-hydrogen) atoms. The molecule has 1 aromatic carbocycles. The third-order valence-electron chi connectivity index (χ3n) is 3.61. The molecule has 0 bridgehead atoms. The lowest BCUT2D eigenvalue weighted by molar-refractivity contribution is -0.137. The molecule has 1 saturated heterocycles. The third kappa shape index (κ3) is 3.04. The van der Waals surface area contributed by atoms with Crippen molar-refractivity contribution in [2.45, 2.75) is 6.18 Å². The molecule has 2 heterocycles. The highest BCUT2D eigenvalue weighted by molar-refractivity contribution is 5.74. The van der Waals surface area contributed by atoms with Crippen LogP contribution in [0.25, 0.3) is 11.3 Å². The Morgan fingerprint density at radius 1 is 1.14 bits per heavy atom. The second-order valence-electron chi connectivity index (χ2n) is 5.07. The van der Waals surface area contributed by atoms with Crippen molar-refractivity contribution >= 4 is 5.69 Å². The van der Waals surface area contributed by atoms with Crippen LogP contribution in [0.1, 0.15) is 5.56 Å². The van der Waals surface area contributed by atoms with E-state index in [1.807, 2.05) is 0 Å². The Kier molecular flexibility index (Phi) is 3.98. The Labute approximate surface area is 126 Å². The minimum Gasteiger partial charge on any atom is -0.366 e. The molecule has 4 nitrogen and oxygen atoms in total. The Balaban J connectivity index is 2.01. The molecule has 1 aliphatic heterocycles. The average Bonchev–Trinajstić information content (AvgIpc) is 2.55. The first-order chi connectivity index (χ1) is 10.6. The van der Waals surface area contributed by atoms with Crippen LogP contribution in [-0.2, 0) is 6.18 Å². The van der Waals surface area contributed by atoms with Crippen LogP contribution in [0.2, 0.25) is 0 Å². The lowest BCUT2D eigenvalue weighted by Gasteiger charge is -2.30. The van der Waals surface area contributed by atoms with Gasteiger partial charge in [-0.25, -0.2) is 9.97 Å². The number of halogens is 3. The SMILES string of the molecule is FC(F)(F)c1cccc(-c2ncncc2N2CCNCC2)c1. The highest BCUT2D eigenvalue weighted by Crippen LogP contribution is 2.34. The molecule has 0 radical (unpaired) electrons. The molecule has 1 aliphatic rings. The van der Waals surface area contributed by atoms with Gasteiger partial charge in [-0.15, -0.1) is 0 Å². The number of hydrogen-bond donors (Lipinski definition) is 1. The summed E-state index contributed by atoms with van der Waals surface area (Å²) in [5.41, 5.74) is 1.08. The number of hydrogen-bond acceptors (Lipinski definition) is 4. The molecule has 2 aromatic rings. The fourth-order valence-electron chi connectivity index (χ4n) is 2.52. The molecule has 7 heteroatoms. The average molecular weight is 308 g/mol. The van der Waals surface area contributed by atoms with Gasteiger partial charge in [0.15, 0.2) is 0 Å². The topological polar surface area (TPSA) is 41.1 Å². The number of anilines is 1. The molecule has 0 atom stereocenters. The maximum atomic E-state index is 12.9. The van der Waals surface area contributed by atoms with Crippen LogP contribution in [0.15, 0.2) is 36.8 Å². The lowest BCUT2D eigenvalue weighted by atomic mass is 10.1. The number of piperazine rings is 1. The molecule has 0 amide bonds. The summed E-state index contributed by atoms with van der Waals surface area (Å²) in [7, 11) is 0. The predicted octanol–water partition coefficient (Wildman–Crippen LogP) is 2.57. The second kappa shape index (κ2) is 5.92. The van der Waals surface area contributed by atoms with Crippen molar-refractivity contribution in [2.75, 3.05) is 31.1 Å². The minimum absolute atomic E-state index is 0.450. The summed E-state index contributed by atoms with van der Waals surface area (Å²) in [6.45, 7) is 3.21. The van der Waals surface area contributed by atoms with Crippen molar-refractivity contribution in [3.8, 4) is 11.3 Å². The van der Waals surface area contributed by atoms with E-state index in [9.17, 15) is 13.2 Å². The first-order valence-electron chi connectivity index (χ1n) is 6.99. The summed E-state index contributed by atoms with van der Waals surface area (Å²) in [6.07, 6.45) is -1.34. The maximum Gasteiger partial charge on any atom is 0.416 e. The van der Waals surface area contributed by atoms with Crippen LogP contribution >= 0.6 is 0 Å². The van der Waals surface area contributed by atoms with Crippen molar-refractivity contribution in [1.29, 1.82) is 0 Å². The molecular formula is C15H15F3N4. The van der Waals surface area contributed by atoms with Crippen LogP contribution < -0.4 is 10.2 Å². The number of benzene rings is 1. The fraction of sp³-hybridized carbons (Fsp3) is 0.333. The predicted molar refractivity (Wildman–Crippen MR) is 77.6 cm³/mol. The van der Waals surface area contributed by atoms with E-state index in [4.69, 9.17) is 0 Å². The standard InChI is InChI=1S/C15H15F3N4/c16-15(17,18)12-3-1-2-11(8-12)14-13(9-20-10-21-14)22-6-4-19-5-7-22/h1-3,8-10,19H,4-7H2. The zero-order valence-corrected chi connectivity index (χ0v) is 11.8. The van der Waals surface area contributed by atoms with Gasteiger partial charge in [0.1, 0.15) is 6.33 Å². The molecule has 1 aromatic heterocycles. The molecular weight excluding hydrogens is 293 g/mol. The van der Waals surface area contributed by atoms with Crippen molar-refractivity contribution in [3.63, 3.8) is 0 Å². The van der Waals surface area contributed by atoms with Crippen LogP contribution in [0, 0.1) is 0 Å². The summed E-state index contributed by atoms with van der Waals surface area (Å²) in [5, 5.41) is 3.24. The molecule has 0 saturated carbocycles. The van der Waals surface area contributed by atoms with Gasteiger partial charge in [-0.1, -0.05) is 12.1 Å². The van der Waals surface area contributed by atoms with E-state index >= 15 is 0 Å². The van der Waals surface area contributed by atoms with Gasteiger partial charge in [0, 0.05) is 31.7 Å². The minimum atomic E-state index is -4.36. The Morgan fingerprint density at radius 2 is 1.91 bits per heavy atom. The molecule has 1 N–H and O–H groups in total. The molecule has 1 fully saturated rings. The third-order valence-corrected chi connectivity index (χ3v) is 3.61. The van der Waals surface area contributed by atoms with Gasteiger partial charge in [0.05, 0.1) is 23.1 Å². The largest absolute Gasteiger partial charge is 0.416 e.